The Morgan fingerprint density at radius 1 is 1.07 bits per heavy atom. The summed E-state index contributed by atoms with van der Waals surface area (Å²) in [5, 5.41) is 16.7. The third-order valence-electron chi connectivity index (χ3n) is 11.4. The van der Waals surface area contributed by atoms with Gasteiger partial charge in [0.05, 0.1) is 18.3 Å². The van der Waals surface area contributed by atoms with E-state index in [1.165, 1.54) is 11.3 Å². The van der Waals surface area contributed by atoms with E-state index in [1.54, 1.807) is 24.3 Å². The molecule has 2 fully saturated rings. The monoisotopic (exact) mass is 798 g/mol. The molecule has 3 heterocycles. The minimum atomic E-state index is -1.16. The van der Waals surface area contributed by atoms with Gasteiger partial charge in [0.2, 0.25) is 23.5 Å². The maximum Gasteiger partial charge on any atom is 0.293 e. The van der Waals surface area contributed by atoms with Crippen LogP contribution in [0, 0.1) is 11.3 Å². The Morgan fingerprint density at radius 2 is 1.82 bits per heavy atom. The summed E-state index contributed by atoms with van der Waals surface area (Å²) in [6, 6.07) is 9.33. The van der Waals surface area contributed by atoms with Crippen LogP contribution >= 0.6 is 11.6 Å². The first kappa shape index (κ1) is 41.7. The van der Waals surface area contributed by atoms with E-state index in [1.807, 2.05) is 58.9 Å². The lowest BCUT2D eigenvalue weighted by atomic mass is 9.84. The molecule has 6 rings (SSSR count). The van der Waals surface area contributed by atoms with E-state index < -0.39 is 52.6 Å². The molecular weight excluding hydrogens is 744 g/mol. The molecule has 0 bridgehead atoms. The van der Waals surface area contributed by atoms with E-state index >= 15 is 0 Å². The molecule has 1 saturated carbocycles. The second-order valence-electron chi connectivity index (χ2n) is 17.2. The average Bonchev–Trinajstić information content (AvgIpc) is 3.76. The van der Waals surface area contributed by atoms with Crippen LogP contribution in [0.25, 0.3) is 5.57 Å². The number of fused-ring (bicyclic) bond motifs is 1. The fourth-order valence-electron chi connectivity index (χ4n) is 8.43. The van der Waals surface area contributed by atoms with Crippen LogP contribution in [0.4, 0.5) is 11.4 Å². The average molecular weight is 799 g/mol. The highest BCUT2D eigenvalue weighted by atomic mass is 35.5. The second-order valence-corrected chi connectivity index (χ2v) is 17.6. The van der Waals surface area contributed by atoms with Crippen molar-refractivity contribution in [3.05, 3.63) is 77.0 Å². The maximum atomic E-state index is 14.7. The van der Waals surface area contributed by atoms with Crippen molar-refractivity contribution in [3.63, 3.8) is 0 Å². The molecule has 0 unspecified atom stereocenters. The van der Waals surface area contributed by atoms with Crippen molar-refractivity contribution in [2.45, 2.75) is 123 Å². The first-order chi connectivity index (χ1) is 27.1. The van der Waals surface area contributed by atoms with E-state index in [-0.39, 0.29) is 31.2 Å². The third kappa shape index (κ3) is 9.77. The summed E-state index contributed by atoms with van der Waals surface area (Å²) in [7, 11) is 0. The van der Waals surface area contributed by atoms with E-state index in [0.717, 1.165) is 48.1 Å². The number of oxime groups is 1. The Kier molecular flexibility index (Phi) is 12.6. The van der Waals surface area contributed by atoms with Gasteiger partial charge in [0.25, 0.3) is 5.91 Å². The molecule has 1 spiro atoms. The van der Waals surface area contributed by atoms with Gasteiger partial charge in [-0.2, -0.15) is 0 Å². The highest BCUT2D eigenvalue weighted by Gasteiger charge is 2.55. The topological polar surface area (TPSA) is 158 Å². The molecule has 2 aromatic rings. The van der Waals surface area contributed by atoms with Crippen molar-refractivity contribution < 1.29 is 28.8 Å². The highest BCUT2D eigenvalue weighted by molar-refractivity contribution is 6.42. The quantitative estimate of drug-likeness (QED) is 0.166. The molecular formula is C44H55ClN6O6. The molecule has 1 saturated heterocycles. The predicted octanol–water partition coefficient (Wildman–Crippen LogP) is 7.14. The second kappa shape index (κ2) is 17.3. The third-order valence-corrected chi connectivity index (χ3v) is 11.7. The summed E-state index contributed by atoms with van der Waals surface area (Å²) in [5.41, 5.74) is 3.46. The molecule has 12 nitrogen and oxygen atoms in total. The van der Waals surface area contributed by atoms with Crippen LogP contribution in [0.5, 0.6) is 0 Å². The van der Waals surface area contributed by atoms with E-state index in [2.05, 4.69) is 33.0 Å². The Bertz CT molecular complexity index is 2000. The summed E-state index contributed by atoms with van der Waals surface area (Å²) in [5.74, 6) is -2.64. The molecule has 57 heavy (non-hydrogen) atoms. The maximum absolute atomic E-state index is 14.7. The largest absolute Gasteiger partial charge is 0.387 e. The smallest absolute Gasteiger partial charge is 0.293 e. The van der Waals surface area contributed by atoms with Gasteiger partial charge in [0, 0.05) is 52.5 Å². The first-order valence-corrected chi connectivity index (χ1v) is 20.5. The molecule has 13 heteroatoms. The summed E-state index contributed by atoms with van der Waals surface area (Å²) in [6.07, 6.45) is 8.64. The molecule has 4 aliphatic rings. The van der Waals surface area contributed by atoms with E-state index in [0.29, 0.717) is 41.4 Å². The van der Waals surface area contributed by atoms with Crippen LogP contribution in [-0.4, -0.2) is 70.3 Å². The number of hydrogen-bond donors (Lipinski definition) is 4. The van der Waals surface area contributed by atoms with Crippen LogP contribution in [-0.2, 0) is 28.8 Å². The van der Waals surface area contributed by atoms with Gasteiger partial charge in [-0.3, -0.25) is 24.0 Å². The fourth-order valence-corrected chi connectivity index (χ4v) is 8.62. The summed E-state index contributed by atoms with van der Waals surface area (Å²) in [6.45, 7) is 13.4. The Labute approximate surface area is 340 Å². The zero-order chi connectivity index (χ0) is 41.1. The van der Waals surface area contributed by atoms with Gasteiger partial charge in [-0.1, -0.05) is 94.9 Å². The van der Waals surface area contributed by atoms with Crippen LogP contribution in [0.1, 0.15) is 110 Å². The zero-order valence-corrected chi connectivity index (χ0v) is 34.4. The van der Waals surface area contributed by atoms with Gasteiger partial charge in [0.1, 0.15) is 12.1 Å². The zero-order valence-electron chi connectivity index (χ0n) is 33.6. The van der Waals surface area contributed by atoms with Crippen molar-refractivity contribution in [1.82, 2.24) is 15.5 Å². The lowest BCUT2D eigenvalue weighted by Crippen LogP contribution is -2.59. The minimum Gasteiger partial charge on any atom is -0.387 e. The lowest BCUT2D eigenvalue weighted by molar-refractivity contribution is -0.145. The Morgan fingerprint density at radius 3 is 2.53 bits per heavy atom. The number of amides is 4. The normalized spacial score (nSPS) is 21.7. The van der Waals surface area contributed by atoms with Gasteiger partial charge >= 0.3 is 0 Å². The van der Waals surface area contributed by atoms with Gasteiger partial charge < -0.3 is 31.0 Å². The van der Waals surface area contributed by atoms with Crippen LogP contribution in [0.3, 0.4) is 0 Å². The number of benzene rings is 2. The lowest BCUT2D eigenvalue weighted by Gasteiger charge is -2.36. The first-order valence-electron chi connectivity index (χ1n) is 20.1. The molecule has 3 aliphatic heterocycles. The number of ketones is 1. The number of rotatable bonds is 12. The minimum absolute atomic E-state index is 0.0168. The molecule has 4 atom stereocenters. The molecule has 0 radical (unpaired) electrons. The number of allylic oxidation sites excluding steroid dienone is 2. The number of likely N-dealkylation sites (tertiary alicyclic amines) is 1. The van der Waals surface area contributed by atoms with Crippen LogP contribution in [0.2, 0.25) is 5.02 Å². The van der Waals surface area contributed by atoms with Crippen molar-refractivity contribution in [1.29, 1.82) is 0 Å². The Balaban J connectivity index is 1.22. The standard InChI is InChI=1S/C44H55ClN6O6/c1-7-12-33(38(53)41(55)47-31-17-18-32-26(2)19-27(3)46-34(32)22-31)48-40(54)36-24-44(23-35(50-57-44)29-15-11-16-30(45)21-29)25-51(36)42(56)39(43(4,5)6)49-37(52)20-28-13-9-8-10-14-28/h11,15-19,21-22,28,33,36,39,46H,3,7-10,12-14,20,23-25H2,1-2,4-6H3,(H,47,55)(H,48,54)(H,49,52)/t33-,36-,39+,44+/m0/s1. The number of anilines is 2. The van der Waals surface area contributed by atoms with Crippen molar-refractivity contribution >= 4 is 63.7 Å². The van der Waals surface area contributed by atoms with Crippen molar-refractivity contribution in [2.75, 3.05) is 17.2 Å². The van der Waals surface area contributed by atoms with Gasteiger partial charge in [-0.15, -0.1) is 0 Å². The number of hydrogen-bond acceptors (Lipinski definition) is 8. The Hall–Kier alpha value is -4.97. The highest BCUT2D eigenvalue weighted by Crippen LogP contribution is 2.40. The number of carbonyl (C=O) groups is 5. The van der Waals surface area contributed by atoms with E-state index in [9.17, 15) is 24.0 Å². The molecule has 4 N–H and O–H groups in total. The van der Waals surface area contributed by atoms with Crippen LogP contribution < -0.4 is 21.3 Å². The molecule has 304 valence electrons. The molecule has 4 amide bonds. The molecule has 0 aromatic heterocycles. The number of carbonyl (C=O) groups excluding carboxylic acids is 5. The SMILES string of the molecule is C=C1C=C(C)c2ccc(NC(=O)C(=O)[C@H](CCC)NC(=O)[C@@H]3C[C@]4(CC(c5cccc(Cl)c5)=NO4)CN3C(=O)[C@@H](NC(=O)CC3CCCCC3)C(C)(C)C)cc2N1. The van der Waals surface area contributed by atoms with Gasteiger partial charge in [0.15, 0.2) is 5.60 Å². The van der Waals surface area contributed by atoms with Crippen molar-refractivity contribution in [3.8, 4) is 0 Å². The summed E-state index contributed by atoms with van der Waals surface area (Å²) in [4.78, 5) is 77.4. The fraction of sp³-hybridized carbons (Fsp3) is 0.500. The van der Waals surface area contributed by atoms with Crippen molar-refractivity contribution in [2.24, 2.45) is 16.5 Å². The van der Waals surface area contributed by atoms with Gasteiger partial charge in [-0.25, -0.2) is 0 Å². The number of halogens is 1. The number of nitrogens with one attached hydrogen (secondary N) is 4. The van der Waals surface area contributed by atoms with Gasteiger partial charge in [-0.05, 0) is 73.4 Å². The van der Waals surface area contributed by atoms with E-state index in [4.69, 9.17) is 16.4 Å². The summed E-state index contributed by atoms with van der Waals surface area (Å²) >= 11 is 6.29. The number of Topliss-reactive ketones (excluding diaryl/α,β-unsaturated/α-hetero) is 1. The molecule has 2 aromatic carbocycles. The predicted molar refractivity (Wildman–Crippen MR) is 222 cm³/mol. The summed E-state index contributed by atoms with van der Waals surface area (Å²) < 4.78 is 0. The molecule has 1 aliphatic carbocycles. The van der Waals surface area contributed by atoms with Crippen LogP contribution in [0.15, 0.2) is 66.0 Å². The number of nitrogens with zero attached hydrogens (tertiary/aromatic N) is 2.